The molecule has 138 valence electrons. The molecule has 0 aliphatic carbocycles. The highest BCUT2D eigenvalue weighted by molar-refractivity contribution is 6.31. The van der Waals surface area contributed by atoms with E-state index in [0.717, 1.165) is 47.1 Å². The van der Waals surface area contributed by atoms with Gasteiger partial charge in [-0.25, -0.2) is 9.50 Å². The van der Waals surface area contributed by atoms with Gasteiger partial charge in [0.15, 0.2) is 5.65 Å². The van der Waals surface area contributed by atoms with Crippen LogP contribution in [0.25, 0.3) is 11.2 Å². The van der Waals surface area contributed by atoms with Crippen LogP contribution in [0.1, 0.15) is 24.0 Å². The summed E-state index contributed by atoms with van der Waals surface area (Å²) in [5.41, 5.74) is 4.39. The molecule has 0 saturated heterocycles. The third-order valence-corrected chi connectivity index (χ3v) is 4.20. The largest absolute Gasteiger partial charge is 0.368 e. The Hall–Kier alpha value is -2.92. The predicted molar refractivity (Wildman–Crippen MR) is 112 cm³/mol. The predicted octanol–water partition coefficient (Wildman–Crippen LogP) is 4.80. The van der Waals surface area contributed by atoms with Crippen LogP contribution >= 0.6 is 11.6 Å². The second kappa shape index (κ2) is 8.64. The van der Waals surface area contributed by atoms with E-state index < -0.39 is 0 Å². The van der Waals surface area contributed by atoms with Gasteiger partial charge in [0.1, 0.15) is 5.82 Å². The SMILES string of the molecule is C=C(/C=C(Cl)\C=C/C)c1cnc2ccc(NCCc3cccc(C)n3)nn12. The molecule has 27 heavy (non-hydrogen) atoms. The van der Waals surface area contributed by atoms with Crippen LogP contribution in [0.2, 0.25) is 0 Å². The van der Waals surface area contributed by atoms with Gasteiger partial charge in [-0.15, -0.1) is 5.10 Å². The Kier molecular flexibility index (Phi) is 6.04. The standard InChI is InChI=1S/C21H22ClN5/c1-4-6-17(22)13-15(2)19-14-24-21-10-9-20(26-27(19)21)23-12-11-18-8-5-7-16(3)25-18/h4-10,13-14H,2,11-12H2,1,3H3,(H,23,26)/b6-4-,17-13+. The number of rotatable bonds is 7. The molecule has 0 spiro atoms. The maximum absolute atomic E-state index is 6.16. The summed E-state index contributed by atoms with van der Waals surface area (Å²) in [4.78, 5) is 8.90. The summed E-state index contributed by atoms with van der Waals surface area (Å²) in [6.45, 7) is 8.74. The van der Waals surface area contributed by atoms with Crippen molar-refractivity contribution in [2.75, 3.05) is 11.9 Å². The minimum absolute atomic E-state index is 0.609. The van der Waals surface area contributed by atoms with E-state index in [0.29, 0.717) is 5.03 Å². The summed E-state index contributed by atoms with van der Waals surface area (Å²) < 4.78 is 1.77. The highest BCUT2D eigenvalue weighted by Gasteiger charge is 2.08. The fourth-order valence-corrected chi connectivity index (χ4v) is 2.95. The van der Waals surface area contributed by atoms with E-state index in [1.54, 1.807) is 16.8 Å². The zero-order valence-corrected chi connectivity index (χ0v) is 16.2. The van der Waals surface area contributed by atoms with Gasteiger partial charge in [-0.3, -0.25) is 4.98 Å². The van der Waals surface area contributed by atoms with Crippen molar-refractivity contribution in [1.82, 2.24) is 19.6 Å². The number of aryl methyl sites for hydroxylation is 1. The molecule has 0 atom stereocenters. The molecule has 5 nitrogen and oxygen atoms in total. The van der Waals surface area contributed by atoms with Crippen molar-refractivity contribution in [3.05, 3.63) is 83.4 Å². The smallest absolute Gasteiger partial charge is 0.154 e. The Morgan fingerprint density at radius 1 is 1.30 bits per heavy atom. The number of nitrogens with one attached hydrogen (secondary N) is 1. The monoisotopic (exact) mass is 379 g/mol. The second-order valence-electron chi connectivity index (χ2n) is 6.13. The van der Waals surface area contributed by atoms with Gasteiger partial charge < -0.3 is 5.32 Å². The lowest BCUT2D eigenvalue weighted by molar-refractivity contribution is 0.893. The molecule has 3 aromatic rings. The van der Waals surface area contributed by atoms with E-state index >= 15 is 0 Å². The molecule has 0 amide bonds. The molecule has 0 aliphatic heterocycles. The Morgan fingerprint density at radius 3 is 2.93 bits per heavy atom. The van der Waals surface area contributed by atoms with Crippen molar-refractivity contribution in [1.29, 1.82) is 0 Å². The maximum atomic E-state index is 6.16. The Morgan fingerprint density at radius 2 is 2.15 bits per heavy atom. The minimum Gasteiger partial charge on any atom is -0.368 e. The van der Waals surface area contributed by atoms with E-state index in [2.05, 4.69) is 27.0 Å². The summed E-state index contributed by atoms with van der Waals surface area (Å²) in [7, 11) is 0. The number of allylic oxidation sites excluding steroid dienone is 5. The van der Waals surface area contributed by atoms with Gasteiger partial charge in [-0.2, -0.15) is 0 Å². The molecule has 0 unspecified atom stereocenters. The summed E-state index contributed by atoms with van der Waals surface area (Å²) in [5.74, 6) is 0.769. The van der Waals surface area contributed by atoms with E-state index in [1.807, 2.05) is 56.3 Å². The molecule has 0 bridgehead atoms. The molecule has 0 aliphatic rings. The number of anilines is 1. The number of hydrogen-bond donors (Lipinski definition) is 1. The maximum Gasteiger partial charge on any atom is 0.154 e. The molecule has 3 heterocycles. The van der Waals surface area contributed by atoms with Crippen LogP contribution in [-0.4, -0.2) is 26.1 Å². The number of nitrogens with zero attached hydrogens (tertiary/aromatic N) is 4. The molecule has 0 radical (unpaired) electrons. The molecule has 1 N–H and O–H groups in total. The highest BCUT2D eigenvalue weighted by Crippen LogP contribution is 2.19. The molecule has 0 fully saturated rings. The average molecular weight is 380 g/mol. The summed E-state index contributed by atoms with van der Waals surface area (Å²) in [6.07, 6.45) is 8.07. The quantitative estimate of drug-likeness (QED) is 0.599. The number of pyridine rings is 1. The molecule has 6 heteroatoms. The molecule has 0 aromatic carbocycles. The van der Waals surface area contributed by atoms with Gasteiger partial charge >= 0.3 is 0 Å². The molecular formula is C21H22ClN5. The van der Waals surface area contributed by atoms with Crippen molar-refractivity contribution in [3.63, 3.8) is 0 Å². The van der Waals surface area contributed by atoms with Gasteiger partial charge in [0.25, 0.3) is 0 Å². The van der Waals surface area contributed by atoms with Crippen LogP contribution in [0.3, 0.4) is 0 Å². The van der Waals surface area contributed by atoms with Gasteiger partial charge in [0, 0.05) is 29.4 Å². The fraction of sp³-hybridized carbons (Fsp3) is 0.190. The lowest BCUT2D eigenvalue weighted by Gasteiger charge is -2.07. The van der Waals surface area contributed by atoms with E-state index in [1.165, 1.54) is 0 Å². The number of aromatic nitrogens is 4. The van der Waals surface area contributed by atoms with E-state index in [-0.39, 0.29) is 0 Å². The van der Waals surface area contributed by atoms with Gasteiger partial charge in [0.05, 0.1) is 11.9 Å². The van der Waals surface area contributed by atoms with Gasteiger partial charge in [0.2, 0.25) is 0 Å². The van der Waals surface area contributed by atoms with Crippen LogP contribution in [0.4, 0.5) is 5.82 Å². The van der Waals surface area contributed by atoms with Crippen molar-refractivity contribution in [2.24, 2.45) is 0 Å². The van der Waals surface area contributed by atoms with Crippen molar-refractivity contribution in [3.8, 4) is 0 Å². The van der Waals surface area contributed by atoms with Crippen LogP contribution in [0.15, 0.2) is 66.4 Å². The molecular weight excluding hydrogens is 358 g/mol. The third-order valence-electron chi connectivity index (χ3n) is 3.96. The van der Waals surface area contributed by atoms with E-state index in [9.17, 15) is 0 Å². The summed E-state index contributed by atoms with van der Waals surface area (Å²) >= 11 is 6.16. The van der Waals surface area contributed by atoms with Crippen molar-refractivity contribution >= 4 is 28.6 Å². The van der Waals surface area contributed by atoms with Crippen LogP contribution in [-0.2, 0) is 6.42 Å². The Bertz CT molecular complexity index is 1020. The number of fused-ring (bicyclic) bond motifs is 1. The Balaban J connectivity index is 1.74. The summed E-state index contributed by atoms with van der Waals surface area (Å²) in [6, 6.07) is 9.90. The third kappa shape index (κ3) is 4.83. The van der Waals surface area contributed by atoms with Gasteiger partial charge in [-0.05, 0) is 55.8 Å². The molecule has 0 saturated carbocycles. The lowest BCUT2D eigenvalue weighted by atomic mass is 10.2. The topological polar surface area (TPSA) is 55.1 Å². The number of halogens is 1. The number of hydrogen-bond acceptors (Lipinski definition) is 4. The lowest BCUT2D eigenvalue weighted by Crippen LogP contribution is -2.09. The van der Waals surface area contributed by atoms with Crippen LogP contribution in [0.5, 0.6) is 0 Å². The first-order valence-corrected chi connectivity index (χ1v) is 9.15. The first-order chi connectivity index (χ1) is 13.1. The highest BCUT2D eigenvalue weighted by atomic mass is 35.5. The first-order valence-electron chi connectivity index (χ1n) is 8.77. The number of imidazole rings is 1. The van der Waals surface area contributed by atoms with Crippen LogP contribution < -0.4 is 5.32 Å². The molecule has 3 rings (SSSR count). The minimum atomic E-state index is 0.609. The normalized spacial score (nSPS) is 12.0. The fourth-order valence-electron chi connectivity index (χ4n) is 2.69. The van der Waals surface area contributed by atoms with Crippen molar-refractivity contribution < 1.29 is 0 Å². The Labute approximate surface area is 164 Å². The van der Waals surface area contributed by atoms with E-state index in [4.69, 9.17) is 11.6 Å². The second-order valence-corrected chi connectivity index (χ2v) is 6.57. The van der Waals surface area contributed by atoms with Crippen molar-refractivity contribution in [2.45, 2.75) is 20.3 Å². The first kappa shape index (κ1) is 18.9. The zero-order chi connectivity index (χ0) is 19.2. The van der Waals surface area contributed by atoms with Gasteiger partial charge in [-0.1, -0.05) is 30.3 Å². The average Bonchev–Trinajstić information content (AvgIpc) is 3.05. The van der Waals surface area contributed by atoms with Crippen LogP contribution in [0, 0.1) is 6.92 Å². The molecule has 3 aromatic heterocycles. The summed E-state index contributed by atoms with van der Waals surface area (Å²) in [5, 5.41) is 8.58. The zero-order valence-electron chi connectivity index (χ0n) is 15.5.